The van der Waals surface area contributed by atoms with Gasteiger partial charge in [0.15, 0.2) is 11.6 Å². The number of pyridine rings is 1. The highest BCUT2D eigenvalue weighted by molar-refractivity contribution is 5.95. The molecule has 1 amide bonds. The maximum atomic E-state index is 14.1. The van der Waals surface area contributed by atoms with Gasteiger partial charge in [0.2, 0.25) is 0 Å². The van der Waals surface area contributed by atoms with Gasteiger partial charge in [0.05, 0.1) is 5.56 Å². The van der Waals surface area contributed by atoms with E-state index in [1.165, 1.54) is 0 Å². The molecule has 1 aromatic carbocycles. The summed E-state index contributed by atoms with van der Waals surface area (Å²) in [4.78, 5) is 21.3. The maximum absolute atomic E-state index is 14.1. The van der Waals surface area contributed by atoms with E-state index < -0.39 is 11.6 Å². The Morgan fingerprint density at radius 2 is 2.00 bits per heavy atom. The number of halogens is 2. The molecule has 2 fully saturated rings. The summed E-state index contributed by atoms with van der Waals surface area (Å²) in [6.07, 6.45) is 4.71. The summed E-state index contributed by atoms with van der Waals surface area (Å²) in [5, 5.41) is 0. The van der Waals surface area contributed by atoms with Gasteiger partial charge < -0.3 is 4.90 Å². The van der Waals surface area contributed by atoms with Crippen molar-refractivity contribution in [2.75, 3.05) is 26.2 Å². The fraction of sp³-hybridized carbons (Fsp3) is 0.455. The van der Waals surface area contributed by atoms with E-state index in [1.54, 1.807) is 24.4 Å². The van der Waals surface area contributed by atoms with Crippen LogP contribution in [0.3, 0.4) is 0 Å². The minimum absolute atomic E-state index is 0.0355. The molecule has 6 heteroatoms. The molecule has 4 nitrogen and oxygen atoms in total. The lowest BCUT2D eigenvalue weighted by Crippen LogP contribution is -2.45. The van der Waals surface area contributed by atoms with Crippen LogP contribution in [-0.4, -0.2) is 46.9 Å². The van der Waals surface area contributed by atoms with Gasteiger partial charge in [0.25, 0.3) is 5.91 Å². The summed E-state index contributed by atoms with van der Waals surface area (Å²) >= 11 is 0. The van der Waals surface area contributed by atoms with E-state index in [0.717, 1.165) is 50.7 Å². The standard InChI is InChI=1S/C22H25F2N3O/c1-16-18(6-3-10-25-16)21(28)27-12-9-22(15-27)8-4-11-26(14-22)13-17-5-2-7-19(23)20(17)24/h2-3,5-7,10H,4,8-9,11-15H2,1H3. The number of amides is 1. The number of piperidine rings is 1. The molecule has 0 radical (unpaired) electrons. The van der Waals surface area contributed by atoms with Crippen molar-refractivity contribution in [2.24, 2.45) is 5.41 Å². The Morgan fingerprint density at radius 3 is 2.82 bits per heavy atom. The predicted molar refractivity (Wildman–Crippen MR) is 103 cm³/mol. The lowest BCUT2D eigenvalue weighted by Gasteiger charge is -2.40. The average Bonchev–Trinajstić information content (AvgIpc) is 3.08. The minimum Gasteiger partial charge on any atom is -0.338 e. The van der Waals surface area contributed by atoms with Crippen LogP contribution < -0.4 is 0 Å². The highest BCUT2D eigenvalue weighted by Gasteiger charge is 2.43. The second-order valence-electron chi connectivity index (χ2n) is 8.14. The van der Waals surface area contributed by atoms with E-state index in [-0.39, 0.29) is 11.3 Å². The largest absolute Gasteiger partial charge is 0.338 e. The van der Waals surface area contributed by atoms with Crippen molar-refractivity contribution in [1.82, 2.24) is 14.8 Å². The number of hydrogen-bond acceptors (Lipinski definition) is 3. The van der Waals surface area contributed by atoms with Crippen LogP contribution in [0.4, 0.5) is 8.78 Å². The maximum Gasteiger partial charge on any atom is 0.255 e. The molecule has 2 aliphatic rings. The molecule has 1 spiro atoms. The summed E-state index contributed by atoms with van der Waals surface area (Å²) < 4.78 is 27.6. The van der Waals surface area contributed by atoms with Gasteiger partial charge in [-0.25, -0.2) is 8.78 Å². The molecule has 0 aliphatic carbocycles. The van der Waals surface area contributed by atoms with E-state index in [0.29, 0.717) is 24.2 Å². The van der Waals surface area contributed by atoms with E-state index in [1.807, 2.05) is 17.9 Å². The van der Waals surface area contributed by atoms with E-state index >= 15 is 0 Å². The van der Waals surface area contributed by atoms with Gasteiger partial charge in [-0.3, -0.25) is 14.7 Å². The zero-order valence-corrected chi connectivity index (χ0v) is 16.1. The monoisotopic (exact) mass is 385 g/mol. The first-order valence-corrected chi connectivity index (χ1v) is 9.84. The summed E-state index contributed by atoms with van der Waals surface area (Å²) in [5.41, 5.74) is 1.84. The van der Waals surface area contributed by atoms with Crippen LogP contribution in [0.25, 0.3) is 0 Å². The number of carbonyl (C=O) groups is 1. The van der Waals surface area contributed by atoms with Gasteiger partial charge in [-0.1, -0.05) is 12.1 Å². The number of hydrogen-bond donors (Lipinski definition) is 0. The zero-order valence-electron chi connectivity index (χ0n) is 16.1. The highest BCUT2D eigenvalue weighted by atomic mass is 19.2. The molecule has 0 N–H and O–H groups in total. The van der Waals surface area contributed by atoms with Crippen LogP contribution in [0, 0.1) is 24.0 Å². The van der Waals surface area contributed by atoms with Crippen molar-refractivity contribution in [2.45, 2.75) is 32.7 Å². The number of carbonyl (C=O) groups excluding carboxylic acids is 1. The number of aryl methyl sites for hydroxylation is 1. The highest BCUT2D eigenvalue weighted by Crippen LogP contribution is 2.40. The van der Waals surface area contributed by atoms with Crippen LogP contribution in [0.2, 0.25) is 0 Å². The third-order valence-electron chi connectivity index (χ3n) is 6.13. The van der Waals surface area contributed by atoms with Crippen LogP contribution in [-0.2, 0) is 6.54 Å². The first-order valence-electron chi connectivity index (χ1n) is 9.84. The van der Waals surface area contributed by atoms with Crippen molar-refractivity contribution >= 4 is 5.91 Å². The van der Waals surface area contributed by atoms with Crippen molar-refractivity contribution in [3.63, 3.8) is 0 Å². The molecule has 4 rings (SSSR count). The molecule has 1 atom stereocenters. The minimum atomic E-state index is -0.797. The molecule has 1 aromatic heterocycles. The SMILES string of the molecule is Cc1ncccc1C(=O)N1CCC2(CCCN(Cc3cccc(F)c3F)C2)C1. The topological polar surface area (TPSA) is 36.4 Å². The Kier molecular flexibility index (Phi) is 5.15. The van der Waals surface area contributed by atoms with Gasteiger partial charge in [-0.05, 0) is 50.9 Å². The number of likely N-dealkylation sites (tertiary alicyclic amines) is 2. The van der Waals surface area contributed by atoms with Crippen molar-refractivity contribution in [3.05, 3.63) is 65.0 Å². The molecule has 2 aliphatic heterocycles. The normalized spacial score (nSPS) is 22.8. The van der Waals surface area contributed by atoms with Crippen molar-refractivity contribution in [1.29, 1.82) is 0 Å². The number of benzene rings is 1. The van der Waals surface area contributed by atoms with Crippen LogP contribution in [0.5, 0.6) is 0 Å². The van der Waals surface area contributed by atoms with Crippen LogP contribution in [0.1, 0.15) is 40.9 Å². The van der Waals surface area contributed by atoms with Gasteiger partial charge in [-0.15, -0.1) is 0 Å². The quantitative estimate of drug-likeness (QED) is 0.807. The lowest BCUT2D eigenvalue weighted by atomic mass is 9.79. The summed E-state index contributed by atoms with van der Waals surface area (Å²) in [6, 6.07) is 7.98. The fourth-order valence-corrected chi connectivity index (χ4v) is 4.68. The zero-order chi connectivity index (χ0) is 19.7. The smallest absolute Gasteiger partial charge is 0.255 e. The average molecular weight is 385 g/mol. The Hall–Kier alpha value is -2.34. The molecule has 0 saturated carbocycles. The Labute approximate surface area is 164 Å². The molecule has 2 saturated heterocycles. The molecule has 2 aromatic rings. The van der Waals surface area contributed by atoms with Gasteiger partial charge in [0.1, 0.15) is 0 Å². The predicted octanol–water partition coefficient (Wildman–Crippen LogP) is 3.80. The Bertz CT molecular complexity index is 888. The van der Waals surface area contributed by atoms with Crippen LogP contribution >= 0.6 is 0 Å². The number of aromatic nitrogens is 1. The second-order valence-corrected chi connectivity index (χ2v) is 8.14. The first-order chi connectivity index (χ1) is 13.5. The molecular weight excluding hydrogens is 360 g/mol. The third kappa shape index (κ3) is 3.65. The number of rotatable bonds is 3. The summed E-state index contributed by atoms with van der Waals surface area (Å²) in [5.74, 6) is -1.51. The van der Waals surface area contributed by atoms with Gasteiger partial charge in [-0.2, -0.15) is 0 Å². The molecule has 28 heavy (non-hydrogen) atoms. The van der Waals surface area contributed by atoms with Gasteiger partial charge in [0, 0.05) is 49.0 Å². The van der Waals surface area contributed by atoms with Gasteiger partial charge >= 0.3 is 0 Å². The molecule has 1 unspecified atom stereocenters. The summed E-state index contributed by atoms with van der Waals surface area (Å²) in [6.45, 7) is 5.37. The third-order valence-corrected chi connectivity index (χ3v) is 6.13. The Balaban J connectivity index is 1.45. The first kappa shape index (κ1) is 19.0. The number of nitrogens with zero attached hydrogens (tertiary/aromatic N) is 3. The van der Waals surface area contributed by atoms with E-state index in [4.69, 9.17) is 0 Å². The Morgan fingerprint density at radius 1 is 1.14 bits per heavy atom. The fourth-order valence-electron chi connectivity index (χ4n) is 4.68. The van der Waals surface area contributed by atoms with Crippen molar-refractivity contribution in [3.8, 4) is 0 Å². The lowest BCUT2D eigenvalue weighted by molar-refractivity contribution is 0.0672. The molecule has 0 bridgehead atoms. The molecular formula is C22H25F2N3O. The summed E-state index contributed by atoms with van der Waals surface area (Å²) in [7, 11) is 0. The van der Waals surface area contributed by atoms with Crippen molar-refractivity contribution < 1.29 is 13.6 Å². The van der Waals surface area contributed by atoms with Crippen LogP contribution in [0.15, 0.2) is 36.5 Å². The van der Waals surface area contributed by atoms with E-state index in [2.05, 4.69) is 9.88 Å². The second kappa shape index (κ2) is 7.59. The van der Waals surface area contributed by atoms with E-state index in [9.17, 15) is 13.6 Å². The molecule has 3 heterocycles. The molecule has 148 valence electrons.